The van der Waals surface area contributed by atoms with Gasteiger partial charge in [-0.15, -0.1) is 12.4 Å². The highest BCUT2D eigenvalue weighted by atomic mass is 35.5. The lowest BCUT2D eigenvalue weighted by atomic mass is 10.0. The minimum Gasteiger partial charge on any atom is -0.355 e. The summed E-state index contributed by atoms with van der Waals surface area (Å²) in [7, 11) is 0. The van der Waals surface area contributed by atoms with Crippen LogP contribution in [0.15, 0.2) is 42.5 Å². The van der Waals surface area contributed by atoms with Gasteiger partial charge in [0.2, 0.25) is 5.91 Å². The first kappa shape index (κ1) is 16.8. The number of amides is 1. The van der Waals surface area contributed by atoms with E-state index in [0.29, 0.717) is 12.5 Å². The summed E-state index contributed by atoms with van der Waals surface area (Å²) in [4.78, 5) is 12.1. The molecule has 2 aromatic rings. The number of benzene rings is 2. The summed E-state index contributed by atoms with van der Waals surface area (Å²) in [6.45, 7) is 4.57. The lowest BCUT2D eigenvalue weighted by Crippen LogP contribution is -2.32. The van der Waals surface area contributed by atoms with Crippen molar-refractivity contribution in [2.45, 2.75) is 19.3 Å². The van der Waals surface area contributed by atoms with Gasteiger partial charge in [-0.2, -0.15) is 0 Å². The Hall–Kier alpha value is -1.58. The molecule has 0 radical (unpaired) electrons. The van der Waals surface area contributed by atoms with E-state index in [-0.39, 0.29) is 24.2 Å². The highest BCUT2D eigenvalue weighted by Gasteiger charge is 2.43. The Kier molecular flexibility index (Phi) is 5.81. The molecule has 0 spiro atoms. The predicted molar refractivity (Wildman–Crippen MR) is 93.6 cm³/mol. The number of halogens is 1. The fraction of sp³-hybridized carbons (Fsp3) is 0.389. The molecule has 1 aliphatic rings. The largest absolute Gasteiger partial charge is 0.355 e. The molecular formula is C18H23ClN2O. The molecule has 0 aromatic heterocycles. The van der Waals surface area contributed by atoms with Gasteiger partial charge >= 0.3 is 0 Å². The molecule has 1 fully saturated rings. The molecule has 3 rings (SSSR count). The van der Waals surface area contributed by atoms with Gasteiger partial charge in [0.15, 0.2) is 0 Å². The Balaban J connectivity index is 0.00000176. The third kappa shape index (κ3) is 3.79. The van der Waals surface area contributed by atoms with Crippen LogP contribution in [-0.4, -0.2) is 25.5 Å². The molecule has 3 nitrogen and oxygen atoms in total. The van der Waals surface area contributed by atoms with Crippen LogP contribution in [0.5, 0.6) is 0 Å². The smallest absolute Gasteiger partial charge is 0.223 e. The van der Waals surface area contributed by atoms with Crippen molar-refractivity contribution >= 4 is 29.1 Å². The van der Waals surface area contributed by atoms with E-state index in [0.717, 1.165) is 19.5 Å². The van der Waals surface area contributed by atoms with Crippen LogP contribution in [0.2, 0.25) is 0 Å². The van der Waals surface area contributed by atoms with E-state index in [1.54, 1.807) is 0 Å². The number of fused-ring (bicyclic) bond motifs is 1. The molecule has 2 aromatic carbocycles. The third-order valence-corrected chi connectivity index (χ3v) is 4.18. The molecule has 1 saturated carbocycles. The zero-order chi connectivity index (χ0) is 14.7. The lowest BCUT2D eigenvalue weighted by Gasteiger charge is -2.06. The molecule has 22 heavy (non-hydrogen) atoms. The topological polar surface area (TPSA) is 41.1 Å². The molecule has 0 bridgehead atoms. The molecule has 1 aliphatic carbocycles. The van der Waals surface area contributed by atoms with Gasteiger partial charge in [0, 0.05) is 19.0 Å². The summed E-state index contributed by atoms with van der Waals surface area (Å²) < 4.78 is 0. The van der Waals surface area contributed by atoms with Gasteiger partial charge in [-0.05, 0) is 35.2 Å². The van der Waals surface area contributed by atoms with E-state index in [9.17, 15) is 4.79 Å². The Bertz CT molecular complexity index is 644. The van der Waals surface area contributed by atoms with E-state index in [2.05, 4.69) is 60.0 Å². The fourth-order valence-electron chi connectivity index (χ4n) is 2.87. The first-order chi connectivity index (χ1) is 10.3. The first-order valence-corrected chi connectivity index (χ1v) is 7.76. The predicted octanol–water partition coefficient (Wildman–Crippen LogP) is 3.09. The number of hydrogen-bond acceptors (Lipinski definition) is 2. The van der Waals surface area contributed by atoms with E-state index >= 15 is 0 Å². The number of hydrogen-bond donors (Lipinski definition) is 2. The van der Waals surface area contributed by atoms with Crippen LogP contribution < -0.4 is 10.6 Å². The van der Waals surface area contributed by atoms with Crippen LogP contribution in [0.3, 0.4) is 0 Å². The normalized spacial score (nSPS) is 19.5. The van der Waals surface area contributed by atoms with Crippen molar-refractivity contribution in [3.05, 3.63) is 48.0 Å². The van der Waals surface area contributed by atoms with Crippen LogP contribution in [-0.2, 0) is 4.79 Å². The Morgan fingerprint density at radius 3 is 2.68 bits per heavy atom. The molecule has 0 aliphatic heterocycles. The molecule has 0 heterocycles. The second kappa shape index (κ2) is 7.61. The lowest BCUT2D eigenvalue weighted by molar-refractivity contribution is -0.122. The summed E-state index contributed by atoms with van der Waals surface area (Å²) in [6, 6.07) is 14.9. The molecule has 2 N–H and O–H groups in total. The minimum atomic E-state index is 0. The van der Waals surface area contributed by atoms with Crippen molar-refractivity contribution < 1.29 is 4.79 Å². The number of likely N-dealkylation sites (N-methyl/N-ethyl adjacent to an activating group) is 1. The standard InChI is InChI=1S/C18H22N2O.ClH/c1-2-19-9-10-20-18(21)17-12-16(17)15-8-7-13-5-3-4-6-14(13)11-15;/h3-8,11,16-17,19H,2,9-10,12H2,1H3,(H,20,21);1H. The van der Waals surface area contributed by atoms with Crippen molar-refractivity contribution in [2.75, 3.05) is 19.6 Å². The van der Waals surface area contributed by atoms with Crippen molar-refractivity contribution in [2.24, 2.45) is 5.92 Å². The van der Waals surface area contributed by atoms with Crippen LogP contribution in [0.4, 0.5) is 0 Å². The second-order valence-electron chi connectivity index (χ2n) is 5.70. The van der Waals surface area contributed by atoms with Crippen molar-refractivity contribution in [3.8, 4) is 0 Å². The highest BCUT2D eigenvalue weighted by Crippen LogP contribution is 2.48. The maximum atomic E-state index is 12.1. The summed E-state index contributed by atoms with van der Waals surface area (Å²) in [5.74, 6) is 0.757. The third-order valence-electron chi connectivity index (χ3n) is 4.18. The van der Waals surface area contributed by atoms with Gasteiger partial charge in [0.1, 0.15) is 0 Å². The minimum absolute atomic E-state index is 0. The first-order valence-electron chi connectivity index (χ1n) is 7.76. The molecule has 1 amide bonds. The summed E-state index contributed by atoms with van der Waals surface area (Å²) in [5, 5.41) is 8.74. The van der Waals surface area contributed by atoms with Gasteiger partial charge in [0.05, 0.1) is 0 Å². The van der Waals surface area contributed by atoms with Crippen LogP contribution in [0.25, 0.3) is 10.8 Å². The summed E-state index contributed by atoms with van der Waals surface area (Å²) in [5.41, 5.74) is 1.29. The molecular weight excluding hydrogens is 296 g/mol. The van der Waals surface area contributed by atoms with E-state index in [1.165, 1.54) is 16.3 Å². The zero-order valence-electron chi connectivity index (χ0n) is 12.8. The Labute approximate surface area is 137 Å². The Morgan fingerprint density at radius 1 is 1.14 bits per heavy atom. The fourth-order valence-corrected chi connectivity index (χ4v) is 2.87. The summed E-state index contributed by atoms with van der Waals surface area (Å²) in [6.07, 6.45) is 0.978. The van der Waals surface area contributed by atoms with Gasteiger partial charge in [-0.25, -0.2) is 0 Å². The van der Waals surface area contributed by atoms with E-state index in [4.69, 9.17) is 0 Å². The van der Waals surface area contributed by atoms with Crippen LogP contribution in [0, 0.1) is 5.92 Å². The summed E-state index contributed by atoms with van der Waals surface area (Å²) >= 11 is 0. The monoisotopic (exact) mass is 318 g/mol. The average Bonchev–Trinajstić information content (AvgIpc) is 3.31. The van der Waals surface area contributed by atoms with Crippen molar-refractivity contribution in [1.29, 1.82) is 0 Å². The molecule has 2 unspecified atom stereocenters. The molecule has 4 heteroatoms. The van der Waals surface area contributed by atoms with E-state index < -0.39 is 0 Å². The second-order valence-corrected chi connectivity index (χ2v) is 5.70. The SMILES string of the molecule is CCNCCNC(=O)C1CC1c1ccc2ccccc2c1.Cl. The van der Waals surface area contributed by atoms with Gasteiger partial charge in [-0.3, -0.25) is 4.79 Å². The van der Waals surface area contributed by atoms with Crippen molar-refractivity contribution in [3.63, 3.8) is 0 Å². The van der Waals surface area contributed by atoms with Gasteiger partial charge in [0.25, 0.3) is 0 Å². The van der Waals surface area contributed by atoms with E-state index in [1.807, 2.05) is 0 Å². The molecule has 118 valence electrons. The number of nitrogens with one attached hydrogen (secondary N) is 2. The van der Waals surface area contributed by atoms with Gasteiger partial charge < -0.3 is 10.6 Å². The van der Waals surface area contributed by atoms with Crippen molar-refractivity contribution in [1.82, 2.24) is 10.6 Å². The Morgan fingerprint density at radius 2 is 1.91 bits per heavy atom. The maximum Gasteiger partial charge on any atom is 0.223 e. The quantitative estimate of drug-likeness (QED) is 0.804. The zero-order valence-corrected chi connectivity index (χ0v) is 13.7. The number of rotatable bonds is 6. The van der Waals surface area contributed by atoms with Crippen LogP contribution in [0.1, 0.15) is 24.8 Å². The average molecular weight is 319 g/mol. The van der Waals surface area contributed by atoms with Crippen LogP contribution >= 0.6 is 12.4 Å². The highest BCUT2D eigenvalue weighted by molar-refractivity contribution is 5.86. The number of carbonyl (C=O) groups is 1. The molecule has 2 atom stereocenters. The van der Waals surface area contributed by atoms with Gasteiger partial charge in [-0.1, -0.05) is 49.4 Å². The molecule has 0 saturated heterocycles. The maximum absolute atomic E-state index is 12.1. The number of carbonyl (C=O) groups excluding carboxylic acids is 1.